The fourth-order valence-corrected chi connectivity index (χ4v) is 5.51. The van der Waals surface area contributed by atoms with Gasteiger partial charge in [0.05, 0.1) is 12.3 Å². The van der Waals surface area contributed by atoms with E-state index in [9.17, 15) is 4.79 Å². The highest BCUT2D eigenvalue weighted by atomic mass is 16.5. The molecule has 6 rings (SSSR count). The second-order valence-electron chi connectivity index (χ2n) is 7.95. The summed E-state index contributed by atoms with van der Waals surface area (Å²) in [6.45, 7) is 2.54. The van der Waals surface area contributed by atoms with Crippen LogP contribution >= 0.6 is 0 Å². The van der Waals surface area contributed by atoms with Gasteiger partial charge in [0.25, 0.3) is 0 Å². The molecule has 28 heavy (non-hydrogen) atoms. The first-order valence-corrected chi connectivity index (χ1v) is 10.2. The first-order valence-electron chi connectivity index (χ1n) is 10.2. The number of ether oxygens (including phenoxy) is 1. The number of rotatable bonds is 4. The fraction of sp³-hybridized carbons (Fsp3) is 0.320. The van der Waals surface area contributed by atoms with Crippen molar-refractivity contribution < 1.29 is 9.53 Å². The second kappa shape index (κ2) is 6.97. The van der Waals surface area contributed by atoms with E-state index in [0.717, 1.165) is 17.9 Å². The molecule has 1 amide bonds. The van der Waals surface area contributed by atoms with Gasteiger partial charge in [0.15, 0.2) is 0 Å². The van der Waals surface area contributed by atoms with Crippen LogP contribution < -0.4 is 10.1 Å². The summed E-state index contributed by atoms with van der Waals surface area (Å²) in [5.74, 6) is 2.36. The predicted octanol–water partition coefficient (Wildman–Crippen LogP) is 5.28. The molecule has 2 aromatic rings. The van der Waals surface area contributed by atoms with Gasteiger partial charge in [0, 0.05) is 11.8 Å². The number of allylic oxidation sites excluding steroid dienone is 4. The molecule has 0 spiro atoms. The highest BCUT2D eigenvalue weighted by Crippen LogP contribution is 2.59. The molecule has 0 aromatic heterocycles. The van der Waals surface area contributed by atoms with Crippen molar-refractivity contribution in [1.29, 1.82) is 0 Å². The van der Waals surface area contributed by atoms with Gasteiger partial charge in [0.2, 0.25) is 5.91 Å². The minimum atomic E-state index is -0.0213. The molecule has 4 aliphatic rings. The van der Waals surface area contributed by atoms with Crippen LogP contribution in [0.15, 0.2) is 72.8 Å². The molecule has 2 aromatic carbocycles. The maximum absolute atomic E-state index is 13.4. The number of carbonyl (C=O) groups excluding carboxylic acids is 1. The summed E-state index contributed by atoms with van der Waals surface area (Å²) in [7, 11) is 0. The maximum Gasteiger partial charge on any atom is 0.228 e. The van der Waals surface area contributed by atoms with Crippen molar-refractivity contribution in [3.05, 3.63) is 84.0 Å². The molecule has 1 saturated carbocycles. The van der Waals surface area contributed by atoms with Gasteiger partial charge in [-0.15, -0.1) is 0 Å². The first-order chi connectivity index (χ1) is 13.8. The van der Waals surface area contributed by atoms with E-state index in [0.29, 0.717) is 24.4 Å². The zero-order valence-corrected chi connectivity index (χ0v) is 16.0. The molecular formula is C25H25NO2. The van der Waals surface area contributed by atoms with Crippen molar-refractivity contribution >= 4 is 11.6 Å². The zero-order valence-electron chi connectivity index (χ0n) is 16.0. The number of para-hydroxylation sites is 2. The van der Waals surface area contributed by atoms with E-state index in [1.807, 2.05) is 31.2 Å². The topological polar surface area (TPSA) is 38.3 Å². The monoisotopic (exact) mass is 371 g/mol. The van der Waals surface area contributed by atoms with Crippen LogP contribution in [0.25, 0.3) is 0 Å². The molecule has 4 aliphatic carbocycles. The van der Waals surface area contributed by atoms with Gasteiger partial charge in [-0.3, -0.25) is 4.79 Å². The van der Waals surface area contributed by atoms with E-state index in [1.54, 1.807) is 0 Å². The summed E-state index contributed by atoms with van der Waals surface area (Å²) < 4.78 is 5.69. The van der Waals surface area contributed by atoms with E-state index in [-0.39, 0.29) is 17.7 Å². The average Bonchev–Trinajstić information content (AvgIpc) is 2.75. The predicted molar refractivity (Wildman–Crippen MR) is 112 cm³/mol. The lowest BCUT2D eigenvalue weighted by molar-refractivity contribution is -0.122. The molecule has 142 valence electrons. The second-order valence-corrected chi connectivity index (χ2v) is 7.95. The summed E-state index contributed by atoms with van der Waals surface area (Å²) in [5.41, 5.74) is 3.56. The lowest BCUT2D eigenvalue weighted by atomic mass is 9.51. The maximum atomic E-state index is 13.4. The molecule has 0 heterocycles. The average molecular weight is 371 g/mol. The van der Waals surface area contributed by atoms with E-state index >= 15 is 0 Å². The van der Waals surface area contributed by atoms with Gasteiger partial charge in [-0.2, -0.15) is 0 Å². The molecule has 0 aliphatic heterocycles. The summed E-state index contributed by atoms with van der Waals surface area (Å²) in [4.78, 5) is 13.4. The lowest BCUT2D eigenvalue weighted by Crippen LogP contribution is -2.46. The molecule has 1 fully saturated rings. The molecule has 1 N–H and O–H groups in total. The van der Waals surface area contributed by atoms with Gasteiger partial charge < -0.3 is 10.1 Å². The Balaban J connectivity index is 1.48. The van der Waals surface area contributed by atoms with Crippen LogP contribution in [0.1, 0.15) is 36.3 Å². The summed E-state index contributed by atoms with van der Waals surface area (Å²) in [5, 5.41) is 3.17. The molecule has 3 nitrogen and oxygen atoms in total. The number of amides is 1. The standard InChI is InChI=1S/C25H25NO2/c1-2-28-23-14-8-7-13-22(23)26-25(27)21-15-20-16-9-3-5-11-18(16)24(21)19-12-6-4-10-17(19)20/h3-14,16,18,20-21,24H,2,15H2,1H3,(H,26,27)/t16-,18-,20+,21-,24-/m0/s1. The van der Waals surface area contributed by atoms with Crippen molar-refractivity contribution in [3.63, 3.8) is 0 Å². The van der Waals surface area contributed by atoms with E-state index in [2.05, 4.69) is 53.9 Å². The number of hydrogen-bond acceptors (Lipinski definition) is 2. The lowest BCUT2D eigenvalue weighted by Gasteiger charge is -2.52. The molecule has 0 radical (unpaired) electrons. The van der Waals surface area contributed by atoms with Crippen LogP contribution in [-0.4, -0.2) is 12.5 Å². The number of hydrogen-bond donors (Lipinski definition) is 1. The Morgan fingerprint density at radius 1 is 1.00 bits per heavy atom. The molecule has 3 heteroatoms. The van der Waals surface area contributed by atoms with Crippen molar-refractivity contribution in [3.8, 4) is 5.75 Å². The molecule has 0 unspecified atom stereocenters. The third kappa shape index (κ3) is 2.69. The highest BCUT2D eigenvalue weighted by molar-refractivity contribution is 5.95. The summed E-state index contributed by atoms with van der Waals surface area (Å²) in [6.07, 6.45) is 9.87. The van der Waals surface area contributed by atoms with Crippen LogP contribution in [0.5, 0.6) is 5.75 Å². The van der Waals surface area contributed by atoms with Gasteiger partial charge in [-0.05, 0) is 54.4 Å². The Bertz CT molecular complexity index is 961. The number of carbonyl (C=O) groups is 1. The van der Waals surface area contributed by atoms with Crippen molar-refractivity contribution in [2.45, 2.75) is 25.2 Å². The minimum Gasteiger partial charge on any atom is -0.492 e. The number of anilines is 1. The Morgan fingerprint density at radius 2 is 1.71 bits per heavy atom. The highest BCUT2D eigenvalue weighted by Gasteiger charge is 2.52. The quantitative estimate of drug-likeness (QED) is 0.794. The normalized spacial score (nSPS) is 29.1. The molecule has 5 atom stereocenters. The SMILES string of the molecule is CCOc1ccccc1NC(=O)[C@H]1C[C@H]2c3ccccc3[C@@H]1[C@H]1C=CC=C[C@@H]12. The van der Waals surface area contributed by atoms with E-state index in [1.165, 1.54) is 11.1 Å². The largest absolute Gasteiger partial charge is 0.492 e. The van der Waals surface area contributed by atoms with Gasteiger partial charge >= 0.3 is 0 Å². The van der Waals surface area contributed by atoms with Crippen molar-refractivity contribution in [2.24, 2.45) is 17.8 Å². The Kier molecular flexibility index (Phi) is 4.31. The van der Waals surface area contributed by atoms with Crippen LogP contribution in [-0.2, 0) is 4.79 Å². The smallest absolute Gasteiger partial charge is 0.228 e. The Labute approximate surface area is 166 Å². The van der Waals surface area contributed by atoms with Gasteiger partial charge in [-0.1, -0.05) is 60.7 Å². The molecular weight excluding hydrogens is 346 g/mol. The number of benzene rings is 2. The van der Waals surface area contributed by atoms with Crippen LogP contribution in [0.3, 0.4) is 0 Å². The Hall–Kier alpha value is -2.81. The third-order valence-electron chi connectivity index (χ3n) is 6.58. The summed E-state index contributed by atoms with van der Waals surface area (Å²) >= 11 is 0. The zero-order chi connectivity index (χ0) is 19.1. The summed E-state index contributed by atoms with van der Waals surface area (Å²) in [6, 6.07) is 16.4. The Morgan fingerprint density at radius 3 is 2.54 bits per heavy atom. The van der Waals surface area contributed by atoms with Gasteiger partial charge in [-0.25, -0.2) is 0 Å². The van der Waals surface area contributed by atoms with Gasteiger partial charge in [0.1, 0.15) is 5.75 Å². The van der Waals surface area contributed by atoms with Crippen molar-refractivity contribution in [2.75, 3.05) is 11.9 Å². The van der Waals surface area contributed by atoms with Crippen LogP contribution in [0.2, 0.25) is 0 Å². The van der Waals surface area contributed by atoms with Crippen LogP contribution in [0.4, 0.5) is 5.69 Å². The van der Waals surface area contributed by atoms with Crippen molar-refractivity contribution in [1.82, 2.24) is 0 Å². The fourth-order valence-electron chi connectivity index (χ4n) is 5.51. The van der Waals surface area contributed by atoms with E-state index < -0.39 is 0 Å². The van der Waals surface area contributed by atoms with Crippen LogP contribution in [0, 0.1) is 17.8 Å². The van der Waals surface area contributed by atoms with E-state index in [4.69, 9.17) is 4.74 Å². The first kappa shape index (κ1) is 17.3. The molecule has 0 saturated heterocycles. The molecule has 2 bridgehead atoms. The third-order valence-corrected chi connectivity index (χ3v) is 6.58. The number of nitrogens with one attached hydrogen (secondary N) is 1. The number of fused-ring (bicyclic) bond motifs is 1. The minimum absolute atomic E-state index is 0.0213.